The normalized spacial score (nSPS) is 12.0. The summed E-state index contributed by atoms with van der Waals surface area (Å²) in [5.74, 6) is 0.188. The van der Waals surface area contributed by atoms with Crippen LogP contribution in [0.25, 0.3) is 0 Å². The van der Waals surface area contributed by atoms with Crippen molar-refractivity contribution in [3.05, 3.63) is 64.2 Å². The van der Waals surface area contributed by atoms with Crippen LogP contribution in [-0.2, 0) is 16.6 Å². The third-order valence-corrected chi connectivity index (χ3v) is 4.06. The van der Waals surface area contributed by atoms with E-state index >= 15 is 0 Å². The van der Waals surface area contributed by atoms with Crippen molar-refractivity contribution in [2.24, 2.45) is 0 Å². The third kappa shape index (κ3) is 4.41. The Morgan fingerprint density at radius 2 is 1.86 bits per heavy atom. The molecule has 2 rings (SSSR count). The number of amides is 1. The summed E-state index contributed by atoms with van der Waals surface area (Å²) in [6.45, 7) is 1.97. The molecule has 0 aliphatic carbocycles. The number of nitrogens with one attached hydrogen (secondary N) is 1. The second kappa shape index (κ2) is 6.87. The van der Waals surface area contributed by atoms with Crippen LogP contribution in [0, 0.1) is 6.92 Å². The van der Waals surface area contributed by atoms with Gasteiger partial charge >= 0.3 is 0 Å². The predicted molar refractivity (Wildman–Crippen MR) is 88.4 cm³/mol. The summed E-state index contributed by atoms with van der Waals surface area (Å²) in [6.07, 6.45) is 1.62. The highest BCUT2D eigenvalue weighted by molar-refractivity contribution is 7.83. The summed E-state index contributed by atoms with van der Waals surface area (Å²) in [6, 6.07) is 12.5. The summed E-state index contributed by atoms with van der Waals surface area (Å²) in [5.41, 5.74) is 3.10. The minimum absolute atomic E-state index is 0.180. The van der Waals surface area contributed by atoms with Crippen LogP contribution in [-0.4, -0.2) is 16.4 Å². The second-order valence-corrected chi connectivity index (χ2v) is 6.69. The van der Waals surface area contributed by atoms with Crippen LogP contribution < -0.4 is 5.32 Å². The SMILES string of the molecule is Cc1ccc(C(=O)Nc2ccc(Cl)c(C[S@@](C)=O)c2)cc1. The molecule has 2 aromatic carbocycles. The molecule has 0 radical (unpaired) electrons. The molecule has 0 spiro atoms. The highest BCUT2D eigenvalue weighted by Crippen LogP contribution is 2.22. The lowest BCUT2D eigenvalue weighted by Gasteiger charge is -2.09. The standard InChI is InChI=1S/C16H16ClNO2S/c1-11-3-5-12(6-4-11)16(19)18-14-7-8-15(17)13(9-14)10-21(2)20/h3-9H,10H2,1-2H3,(H,18,19)/t21-/m1/s1. The molecule has 0 aliphatic heterocycles. The number of anilines is 1. The summed E-state index contributed by atoms with van der Waals surface area (Å²) in [7, 11) is -0.984. The van der Waals surface area contributed by atoms with E-state index in [1.54, 1.807) is 36.6 Å². The fraction of sp³-hybridized carbons (Fsp3) is 0.188. The van der Waals surface area contributed by atoms with Crippen molar-refractivity contribution in [3.63, 3.8) is 0 Å². The zero-order valence-electron chi connectivity index (χ0n) is 11.9. The second-order valence-electron chi connectivity index (χ2n) is 4.84. The Morgan fingerprint density at radius 1 is 1.19 bits per heavy atom. The highest BCUT2D eigenvalue weighted by Gasteiger charge is 2.08. The first-order valence-corrected chi connectivity index (χ1v) is 8.52. The van der Waals surface area contributed by atoms with Gasteiger partial charge in [0.15, 0.2) is 0 Å². The molecule has 0 saturated heterocycles. The number of benzene rings is 2. The number of rotatable bonds is 4. The van der Waals surface area contributed by atoms with E-state index < -0.39 is 10.8 Å². The Hall–Kier alpha value is -1.65. The van der Waals surface area contributed by atoms with Crippen LogP contribution in [0.15, 0.2) is 42.5 Å². The predicted octanol–water partition coefficient (Wildman–Crippen LogP) is 3.78. The molecule has 2 aromatic rings. The first-order valence-electron chi connectivity index (χ1n) is 6.42. The van der Waals surface area contributed by atoms with Crippen molar-refractivity contribution >= 4 is 34.0 Å². The molecule has 1 atom stereocenters. The van der Waals surface area contributed by atoms with Crippen LogP contribution in [0.4, 0.5) is 5.69 Å². The van der Waals surface area contributed by atoms with E-state index in [9.17, 15) is 9.00 Å². The smallest absolute Gasteiger partial charge is 0.255 e. The average molecular weight is 322 g/mol. The van der Waals surface area contributed by atoms with E-state index in [1.165, 1.54) is 0 Å². The molecule has 1 amide bonds. The lowest BCUT2D eigenvalue weighted by molar-refractivity contribution is 0.102. The molecule has 0 saturated carbocycles. The number of hydrogen-bond acceptors (Lipinski definition) is 2. The van der Waals surface area contributed by atoms with E-state index in [-0.39, 0.29) is 5.91 Å². The Morgan fingerprint density at radius 3 is 2.48 bits per heavy atom. The molecule has 0 aromatic heterocycles. The minimum atomic E-state index is -0.984. The van der Waals surface area contributed by atoms with Gasteiger partial charge in [-0.15, -0.1) is 0 Å². The number of hydrogen-bond donors (Lipinski definition) is 1. The number of halogens is 1. The zero-order valence-corrected chi connectivity index (χ0v) is 13.4. The molecule has 0 fully saturated rings. The van der Waals surface area contributed by atoms with Crippen LogP contribution >= 0.6 is 11.6 Å². The summed E-state index contributed by atoms with van der Waals surface area (Å²) in [5, 5.41) is 3.38. The van der Waals surface area contributed by atoms with Crippen LogP contribution in [0.2, 0.25) is 5.02 Å². The lowest BCUT2D eigenvalue weighted by Crippen LogP contribution is -2.12. The molecular weight excluding hydrogens is 306 g/mol. The quantitative estimate of drug-likeness (QED) is 0.931. The van der Waals surface area contributed by atoms with E-state index in [4.69, 9.17) is 11.6 Å². The maximum absolute atomic E-state index is 12.1. The molecule has 0 bridgehead atoms. The van der Waals surface area contributed by atoms with Crippen molar-refractivity contribution in [3.8, 4) is 0 Å². The van der Waals surface area contributed by atoms with Crippen LogP contribution in [0.5, 0.6) is 0 Å². The van der Waals surface area contributed by atoms with E-state index in [1.807, 2.05) is 19.1 Å². The van der Waals surface area contributed by atoms with Gasteiger partial charge in [0.05, 0.1) is 0 Å². The summed E-state index contributed by atoms with van der Waals surface area (Å²) >= 11 is 6.06. The molecule has 21 heavy (non-hydrogen) atoms. The maximum atomic E-state index is 12.1. The molecule has 0 heterocycles. The van der Waals surface area contributed by atoms with Crippen LogP contribution in [0.1, 0.15) is 21.5 Å². The van der Waals surface area contributed by atoms with Gasteiger partial charge in [-0.1, -0.05) is 29.3 Å². The third-order valence-electron chi connectivity index (χ3n) is 2.98. The summed E-state index contributed by atoms with van der Waals surface area (Å²) < 4.78 is 11.3. The van der Waals surface area contributed by atoms with Gasteiger partial charge in [0.25, 0.3) is 5.91 Å². The van der Waals surface area contributed by atoms with Gasteiger partial charge in [0.1, 0.15) is 0 Å². The fourth-order valence-electron chi connectivity index (χ4n) is 1.89. The van der Waals surface area contributed by atoms with Gasteiger partial charge in [-0.05, 0) is 42.8 Å². The van der Waals surface area contributed by atoms with E-state index in [2.05, 4.69) is 5.32 Å². The van der Waals surface area contributed by atoms with Crippen molar-refractivity contribution in [2.45, 2.75) is 12.7 Å². The molecule has 5 heteroatoms. The number of aryl methyl sites for hydroxylation is 1. The summed E-state index contributed by atoms with van der Waals surface area (Å²) in [4.78, 5) is 12.1. The van der Waals surface area contributed by atoms with Crippen molar-refractivity contribution in [1.82, 2.24) is 0 Å². The van der Waals surface area contributed by atoms with Crippen molar-refractivity contribution in [1.29, 1.82) is 0 Å². The maximum Gasteiger partial charge on any atom is 0.255 e. The van der Waals surface area contributed by atoms with E-state index in [0.717, 1.165) is 11.1 Å². The Kier molecular flexibility index (Phi) is 5.15. The molecular formula is C16H16ClNO2S. The molecule has 3 nitrogen and oxygen atoms in total. The van der Waals surface area contributed by atoms with Gasteiger partial charge < -0.3 is 5.32 Å². The first kappa shape index (κ1) is 15.7. The molecule has 0 aliphatic rings. The van der Waals surface area contributed by atoms with Gasteiger partial charge in [-0.3, -0.25) is 9.00 Å². The van der Waals surface area contributed by atoms with Gasteiger partial charge in [-0.2, -0.15) is 0 Å². The first-order chi connectivity index (χ1) is 9.95. The van der Waals surface area contributed by atoms with Gasteiger partial charge in [0, 0.05) is 39.1 Å². The zero-order chi connectivity index (χ0) is 15.4. The van der Waals surface area contributed by atoms with Gasteiger partial charge in [0.2, 0.25) is 0 Å². The lowest BCUT2D eigenvalue weighted by atomic mass is 10.1. The Labute approximate surface area is 131 Å². The Bertz CT molecular complexity index is 683. The van der Waals surface area contributed by atoms with Crippen LogP contribution in [0.3, 0.4) is 0 Å². The monoisotopic (exact) mass is 321 g/mol. The fourth-order valence-corrected chi connectivity index (χ4v) is 2.83. The van der Waals surface area contributed by atoms with Crippen molar-refractivity contribution in [2.75, 3.05) is 11.6 Å². The molecule has 1 N–H and O–H groups in total. The topological polar surface area (TPSA) is 46.2 Å². The largest absolute Gasteiger partial charge is 0.322 e. The van der Waals surface area contributed by atoms with E-state index in [0.29, 0.717) is 22.0 Å². The van der Waals surface area contributed by atoms with Gasteiger partial charge in [-0.25, -0.2) is 0 Å². The van der Waals surface area contributed by atoms with Crippen molar-refractivity contribution < 1.29 is 9.00 Å². The number of carbonyl (C=O) groups excluding carboxylic acids is 1. The molecule has 0 unspecified atom stereocenters. The highest BCUT2D eigenvalue weighted by atomic mass is 35.5. The Balaban J connectivity index is 2.17. The molecule has 110 valence electrons. The minimum Gasteiger partial charge on any atom is -0.322 e. The number of carbonyl (C=O) groups is 1. The average Bonchev–Trinajstić information content (AvgIpc) is 2.42.